The maximum absolute atomic E-state index is 12.5. The molecule has 0 amide bonds. The molecule has 9 heteroatoms. The Bertz CT molecular complexity index is 1120. The molecule has 2 heterocycles. The van der Waals surface area contributed by atoms with Gasteiger partial charge in [0.15, 0.2) is 11.7 Å². The maximum atomic E-state index is 12.5. The van der Waals surface area contributed by atoms with Gasteiger partial charge in [-0.25, -0.2) is 9.78 Å². The van der Waals surface area contributed by atoms with Crippen molar-refractivity contribution in [2.24, 2.45) is 0 Å². The number of Topliss-reactive ketones (excluding diaryl/α,β-unsaturated/α-hetero) is 1. The summed E-state index contributed by atoms with van der Waals surface area (Å²) in [5.74, 6) is -0.573. The minimum Gasteiger partial charge on any atom is -0.464 e. The van der Waals surface area contributed by atoms with Gasteiger partial charge in [-0.05, 0) is 18.2 Å². The van der Waals surface area contributed by atoms with Crippen molar-refractivity contribution in [3.8, 4) is 0 Å². The summed E-state index contributed by atoms with van der Waals surface area (Å²) in [5, 5.41) is 2.73. The number of hydrogen-bond acceptors (Lipinski definition) is 8. The molecule has 0 bridgehead atoms. The van der Waals surface area contributed by atoms with Gasteiger partial charge in [0.1, 0.15) is 6.04 Å². The average molecular weight is 354 g/mol. The van der Waals surface area contributed by atoms with Crippen LogP contribution < -0.4 is 21.9 Å². The van der Waals surface area contributed by atoms with Crippen molar-refractivity contribution >= 4 is 34.4 Å². The second-order valence-electron chi connectivity index (χ2n) is 6.12. The first-order valence-corrected chi connectivity index (χ1v) is 7.98. The number of aromatic amines is 1. The van der Waals surface area contributed by atoms with Crippen molar-refractivity contribution in [2.75, 3.05) is 17.7 Å². The first-order chi connectivity index (χ1) is 12.4. The second kappa shape index (κ2) is 5.80. The van der Waals surface area contributed by atoms with Gasteiger partial charge in [-0.1, -0.05) is 0 Å². The van der Waals surface area contributed by atoms with Crippen molar-refractivity contribution in [2.45, 2.75) is 18.9 Å². The Morgan fingerprint density at radius 2 is 2.12 bits per heavy atom. The van der Waals surface area contributed by atoms with Gasteiger partial charge in [0.2, 0.25) is 10.9 Å². The SMILES string of the molecule is Nc1nc2cc(C(=O)Cc3c(NC4CCOC4=O)c(=O)c3=O)ccc2[nH]1. The number of cyclic esters (lactones) is 1. The molecule has 1 aromatic heterocycles. The van der Waals surface area contributed by atoms with Gasteiger partial charge in [0.25, 0.3) is 0 Å². The molecule has 0 spiro atoms. The Hall–Kier alpha value is -3.49. The molecule has 4 N–H and O–H groups in total. The van der Waals surface area contributed by atoms with Crippen LogP contribution in [0.15, 0.2) is 27.8 Å². The van der Waals surface area contributed by atoms with E-state index in [2.05, 4.69) is 15.3 Å². The molecule has 9 nitrogen and oxygen atoms in total. The summed E-state index contributed by atoms with van der Waals surface area (Å²) in [6.45, 7) is 0.257. The van der Waals surface area contributed by atoms with Crippen LogP contribution in [0.5, 0.6) is 0 Å². The second-order valence-corrected chi connectivity index (χ2v) is 6.12. The van der Waals surface area contributed by atoms with Crippen LogP contribution in [0.25, 0.3) is 11.0 Å². The molecule has 0 saturated carbocycles. The third-order valence-corrected chi connectivity index (χ3v) is 4.42. The van der Waals surface area contributed by atoms with Crippen molar-refractivity contribution in [3.63, 3.8) is 0 Å². The Balaban J connectivity index is 1.57. The fourth-order valence-corrected chi connectivity index (χ4v) is 3.02. The monoisotopic (exact) mass is 354 g/mol. The normalized spacial score (nSPS) is 16.9. The molecule has 3 aromatic rings. The zero-order chi connectivity index (χ0) is 18.4. The zero-order valence-corrected chi connectivity index (χ0v) is 13.5. The first-order valence-electron chi connectivity index (χ1n) is 7.98. The molecule has 1 atom stereocenters. The minimum atomic E-state index is -0.719. The summed E-state index contributed by atoms with van der Waals surface area (Å²) in [4.78, 5) is 54.6. The molecule has 4 rings (SSSR count). The number of ketones is 1. The number of fused-ring (bicyclic) bond motifs is 1. The van der Waals surface area contributed by atoms with Crippen LogP contribution in [0.2, 0.25) is 0 Å². The van der Waals surface area contributed by atoms with Gasteiger partial charge >= 0.3 is 5.97 Å². The van der Waals surface area contributed by atoms with E-state index in [0.717, 1.165) is 0 Å². The molecule has 1 fully saturated rings. The summed E-state index contributed by atoms with van der Waals surface area (Å²) in [6, 6.07) is 4.16. The van der Waals surface area contributed by atoms with Crippen molar-refractivity contribution in [1.29, 1.82) is 0 Å². The summed E-state index contributed by atoms with van der Waals surface area (Å²) in [6.07, 6.45) is 0.169. The highest BCUT2D eigenvalue weighted by Crippen LogP contribution is 2.19. The van der Waals surface area contributed by atoms with E-state index in [9.17, 15) is 19.2 Å². The van der Waals surface area contributed by atoms with Crippen LogP contribution in [0.3, 0.4) is 0 Å². The molecular weight excluding hydrogens is 340 g/mol. The van der Waals surface area contributed by atoms with Crippen molar-refractivity contribution < 1.29 is 14.3 Å². The number of esters is 1. The molecule has 1 aliphatic heterocycles. The van der Waals surface area contributed by atoms with Gasteiger partial charge in [-0.15, -0.1) is 0 Å². The lowest BCUT2D eigenvalue weighted by atomic mass is 9.97. The number of H-pyrrole nitrogens is 1. The Morgan fingerprint density at radius 3 is 2.85 bits per heavy atom. The molecule has 2 aromatic carbocycles. The van der Waals surface area contributed by atoms with Crippen LogP contribution in [0, 0.1) is 0 Å². The third kappa shape index (κ3) is 2.53. The van der Waals surface area contributed by atoms with E-state index in [0.29, 0.717) is 23.0 Å². The van der Waals surface area contributed by atoms with Gasteiger partial charge in [-0.3, -0.25) is 14.4 Å². The van der Waals surface area contributed by atoms with E-state index in [4.69, 9.17) is 10.5 Å². The minimum absolute atomic E-state index is 0.0253. The predicted octanol–water partition coefficient (Wildman–Crippen LogP) is -0.106. The zero-order valence-electron chi connectivity index (χ0n) is 13.5. The van der Waals surface area contributed by atoms with E-state index in [1.54, 1.807) is 18.2 Å². The molecule has 1 unspecified atom stereocenters. The Labute approximate surface area is 145 Å². The summed E-state index contributed by atoms with van der Waals surface area (Å²) >= 11 is 0. The lowest BCUT2D eigenvalue weighted by molar-refractivity contribution is -0.138. The van der Waals surface area contributed by atoms with Gasteiger partial charge in [-0.2, -0.15) is 0 Å². The highest BCUT2D eigenvalue weighted by atomic mass is 16.5. The van der Waals surface area contributed by atoms with Crippen LogP contribution in [0.4, 0.5) is 11.6 Å². The number of imidazole rings is 1. The number of nitrogens with zero attached hydrogens (tertiary/aromatic N) is 1. The summed E-state index contributed by atoms with van der Waals surface area (Å²) < 4.78 is 4.82. The number of aromatic nitrogens is 2. The molecule has 26 heavy (non-hydrogen) atoms. The number of hydrogen-bond donors (Lipinski definition) is 3. The average Bonchev–Trinajstić information content (AvgIpc) is 3.20. The highest BCUT2D eigenvalue weighted by Gasteiger charge is 2.31. The van der Waals surface area contributed by atoms with E-state index < -0.39 is 22.9 Å². The quantitative estimate of drug-likeness (QED) is 0.327. The number of carbonyl (C=O) groups excluding carboxylic acids is 2. The lowest BCUT2D eigenvalue weighted by Gasteiger charge is -2.15. The number of anilines is 2. The van der Waals surface area contributed by atoms with Gasteiger partial charge in [0, 0.05) is 24.0 Å². The van der Waals surface area contributed by atoms with Crippen LogP contribution in [-0.4, -0.2) is 34.4 Å². The Morgan fingerprint density at radius 1 is 1.31 bits per heavy atom. The van der Waals surface area contributed by atoms with Crippen molar-refractivity contribution in [3.05, 3.63) is 49.8 Å². The molecule has 132 valence electrons. The van der Waals surface area contributed by atoms with Crippen LogP contribution in [0.1, 0.15) is 22.3 Å². The van der Waals surface area contributed by atoms with E-state index >= 15 is 0 Å². The summed E-state index contributed by atoms with van der Waals surface area (Å²) in [5.41, 5.74) is 5.83. The number of nitrogen functional groups attached to an aromatic ring is 1. The molecule has 0 radical (unpaired) electrons. The van der Waals surface area contributed by atoms with E-state index in [1.807, 2.05) is 0 Å². The first kappa shape index (κ1) is 16.0. The number of benzene rings is 1. The summed E-state index contributed by atoms with van der Waals surface area (Å²) in [7, 11) is 0. The lowest BCUT2D eigenvalue weighted by Crippen LogP contribution is -2.42. The van der Waals surface area contributed by atoms with E-state index in [-0.39, 0.29) is 36.0 Å². The third-order valence-electron chi connectivity index (χ3n) is 4.42. The molecule has 0 aliphatic carbocycles. The molecule has 1 aliphatic rings. The van der Waals surface area contributed by atoms with Crippen LogP contribution >= 0.6 is 0 Å². The highest BCUT2D eigenvalue weighted by molar-refractivity contribution is 6.01. The van der Waals surface area contributed by atoms with Gasteiger partial charge < -0.3 is 20.8 Å². The topological polar surface area (TPSA) is 144 Å². The molecular formula is C17H14N4O5. The smallest absolute Gasteiger partial charge is 0.328 e. The van der Waals surface area contributed by atoms with E-state index in [1.165, 1.54) is 0 Å². The standard InChI is InChI=1S/C17H14N4O5/c18-17-20-9-2-1-7(5-11(9)21-17)12(22)6-8-13(15(24)14(8)23)19-10-3-4-26-16(10)25/h1-2,5,10,19H,3-4,6H2,(H3,18,20,21). The number of nitrogens with two attached hydrogens (primary N) is 1. The maximum Gasteiger partial charge on any atom is 0.328 e. The molecule has 1 saturated heterocycles. The predicted molar refractivity (Wildman–Crippen MR) is 92.9 cm³/mol. The van der Waals surface area contributed by atoms with Crippen molar-refractivity contribution in [1.82, 2.24) is 9.97 Å². The van der Waals surface area contributed by atoms with Crippen LogP contribution in [-0.2, 0) is 16.0 Å². The Kier molecular flexibility index (Phi) is 3.57. The number of rotatable bonds is 5. The number of nitrogens with one attached hydrogen (secondary N) is 2. The fourth-order valence-electron chi connectivity index (χ4n) is 3.02. The number of carbonyl (C=O) groups is 2. The number of ether oxygens (including phenoxy) is 1. The largest absolute Gasteiger partial charge is 0.464 e. The fraction of sp³-hybridized carbons (Fsp3) is 0.235. The van der Waals surface area contributed by atoms with Gasteiger partial charge in [0.05, 0.1) is 23.3 Å².